The van der Waals surface area contributed by atoms with Gasteiger partial charge >= 0.3 is 5.97 Å². The number of nitrogens with two attached hydrogens (primary N) is 1. The molecule has 1 aromatic heterocycles. The first-order valence-corrected chi connectivity index (χ1v) is 12.3. The predicted octanol–water partition coefficient (Wildman–Crippen LogP) is 4.30. The van der Waals surface area contributed by atoms with Gasteiger partial charge in [0, 0.05) is 38.4 Å². The number of carbonyl (C=O) groups is 2. The van der Waals surface area contributed by atoms with Crippen LogP contribution in [0.5, 0.6) is 0 Å². The fraction of sp³-hybridized carbons (Fsp3) is 0.480. The lowest BCUT2D eigenvalue weighted by Gasteiger charge is -2.34. The van der Waals surface area contributed by atoms with Crippen molar-refractivity contribution in [3.05, 3.63) is 57.8 Å². The van der Waals surface area contributed by atoms with E-state index in [1.165, 1.54) is 24.0 Å². The van der Waals surface area contributed by atoms with Crippen molar-refractivity contribution >= 4 is 40.8 Å². The standard InChI is InChI=1S/C25H33Cl2N3O5/c1-18(31)30(11-6-2-3-7-12-35-13-9-20-8-4-5-10-29-20)17-25(34,16-23(32)33)19-14-21(26)24(28)22(27)15-19/h4-5,8,10,14-15,34H,2-3,6-7,9,11-13,16-17,28H2,1H3,(H,32,33). The smallest absolute Gasteiger partial charge is 0.306 e. The quantitative estimate of drug-likeness (QED) is 0.233. The molecule has 4 N–H and O–H groups in total. The number of rotatable bonds is 15. The van der Waals surface area contributed by atoms with Gasteiger partial charge in [-0.05, 0) is 42.7 Å². The van der Waals surface area contributed by atoms with E-state index in [2.05, 4.69) is 4.98 Å². The van der Waals surface area contributed by atoms with E-state index >= 15 is 0 Å². The van der Waals surface area contributed by atoms with E-state index in [9.17, 15) is 19.8 Å². The van der Waals surface area contributed by atoms with Crippen molar-refractivity contribution in [2.45, 2.75) is 51.0 Å². The van der Waals surface area contributed by atoms with Gasteiger partial charge in [0.1, 0.15) is 5.60 Å². The van der Waals surface area contributed by atoms with E-state index in [1.54, 1.807) is 6.20 Å². The van der Waals surface area contributed by atoms with Gasteiger partial charge in [-0.15, -0.1) is 0 Å². The lowest BCUT2D eigenvalue weighted by molar-refractivity contribution is -0.147. The molecule has 0 saturated heterocycles. The Morgan fingerprint density at radius 3 is 2.40 bits per heavy atom. The molecule has 8 nitrogen and oxygen atoms in total. The first kappa shape index (κ1) is 28.8. The number of carboxylic acids is 1. The zero-order valence-corrected chi connectivity index (χ0v) is 21.4. The summed E-state index contributed by atoms with van der Waals surface area (Å²) in [5.41, 5.74) is 5.22. The number of halogens is 2. The summed E-state index contributed by atoms with van der Waals surface area (Å²) in [5.74, 6) is -1.48. The molecule has 10 heteroatoms. The number of benzene rings is 1. The molecule has 0 saturated carbocycles. The minimum atomic E-state index is -1.88. The van der Waals surface area contributed by atoms with Crippen LogP contribution in [0.2, 0.25) is 10.0 Å². The fourth-order valence-electron chi connectivity index (χ4n) is 3.70. The van der Waals surface area contributed by atoms with Gasteiger partial charge < -0.3 is 25.6 Å². The van der Waals surface area contributed by atoms with E-state index in [1.807, 2.05) is 18.2 Å². The van der Waals surface area contributed by atoms with Crippen LogP contribution < -0.4 is 5.73 Å². The molecule has 0 spiro atoms. The van der Waals surface area contributed by atoms with Crippen molar-refractivity contribution in [2.75, 3.05) is 32.0 Å². The van der Waals surface area contributed by atoms with Crippen LogP contribution in [0.1, 0.15) is 50.3 Å². The molecule has 0 radical (unpaired) electrons. The third-order valence-corrected chi connectivity index (χ3v) is 6.28. The third-order valence-electron chi connectivity index (χ3n) is 5.65. The van der Waals surface area contributed by atoms with Gasteiger partial charge in [0.05, 0.1) is 35.3 Å². The van der Waals surface area contributed by atoms with Crippen LogP contribution in [0.3, 0.4) is 0 Å². The van der Waals surface area contributed by atoms with E-state index in [-0.39, 0.29) is 33.7 Å². The normalized spacial score (nSPS) is 12.8. The minimum absolute atomic E-state index is 0.105. The van der Waals surface area contributed by atoms with Crippen molar-refractivity contribution in [1.82, 2.24) is 9.88 Å². The number of nitrogens with zero attached hydrogens (tertiary/aromatic N) is 2. The van der Waals surface area contributed by atoms with E-state index in [4.69, 9.17) is 33.7 Å². The molecular weight excluding hydrogens is 493 g/mol. The summed E-state index contributed by atoms with van der Waals surface area (Å²) in [6.45, 7) is 2.84. The first-order chi connectivity index (χ1) is 16.6. The maximum absolute atomic E-state index is 12.3. The monoisotopic (exact) mass is 525 g/mol. The Balaban J connectivity index is 1.83. The lowest BCUT2D eigenvalue weighted by Crippen LogP contribution is -2.45. The number of carbonyl (C=O) groups excluding carboxylic acids is 1. The van der Waals surface area contributed by atoms with Gasteiger partial charge in [-0.1, -0.05) is 42.1 Å². The molecule has 35 heavy (non-hydrogen) atoms. The second-order valence-electron chi connectivity index (χ2n) is 8.49. The number of aliphatic hydroxyl groups is 1. The number of hydrogen-bond acceptors (Lipinski definition) is 6. The van der Waals surface area contributed by atoms with Gasteiger partial charge in [0.15, 0.2) is 0 Å². The second-order valence-corrected chi connectivity index (χ2v) is 9.31. The van der Waals surface area contributed by atoms with Crippen LogP contribution in [0, 0.1) is 0 Å². The van der Waals surface area contributed by atoms with Crippen LogP contribution in [-0.2, 0) is 26.3 Å². The summed E-state index contributed by atoms with van der Waals surface area (Å²) >= 11 is 12.2. The number of aliphatic carboxylic acids is 1. The van der Waals surface area contributed by atoms with Crippen molar-refractivity contribution in [1.29, 1.82) is 0 Å². The summed E-state index contributed by atoms with van der Waals surface area (Å²) < 4.78 is 5.66. The highest BCUT2D eigenvalue weighted by Gasteiger charge is 2.36. The van der Waals surface area contributed by atoms with E-state index < -0.39 is 18.0 Å². The zero-order chi connectivity index (χ0) is 25.8. The maximum atomic E-state index is 12.3. The lowest BCUT2D eigenvalue weighted by atomic mass is 9.89. The van der Waals surface area contributed by atoms with Gasteiger partial charge in [0.25, 0.3) is 0 Å². The molecule has 0 aliphatic rings. The van der Waals surface area contributed by atoms with Crippen LogP contribution in [-0.4, -0.2) is 58.3 Å². The first-order valence-electron chi connectivity index (χ1n) is 11.5. The van der Waals surface area contributed by atoms with Crippen molar-refractivity contribution < 1.29 is 24.5 Å². The van der Waals surface area contributed by atoms with Crippen LogP contribution in [0.4, 0.5) is 5.69 Å². The maximum Gasteiger partial charge on any atom is 0.306 e. The number of hydrogen-bond donors (Lipinski definition) is 3. The number of carboxylic acid groups (broad SMARTS) is 1. The molecule has 1 unspecified atom stereocenters. The van der Waals surface area contributed by atoms with Crippen LogP contribution in [0.15, 0.2) is 36.5 Å². The van der Waals surface area contributed by atoms with E-state index in [0.29, 0.717) is 26.2 Å². The Kier molecular flexibility index (Phi) is 11.7. The Hall–Kier alpha value is -2.39. The Bertz CT molecular complexity index is 954. The number of pyridine rings is 1. The van der Waals surface area contributed by atoms with Crippen LogP contribution in [0.25, 0.3) is 0 Å². The summed E-state index contributed by atoms with van der Waals surface area (Å²) in [7, 11) is 0. The number of unbranched alkanes of at least 4 members (excludes halogenated alkanes) is 3. The third kappa shape index (κ3) is 9.64. The van der Waals surface area contributed by atoms with Crippen molar-refractivity contribution in [3.63, 3.8) is 0 Å². The van der Waals surface area contributed by atoms with Crippen molar-refractivity contribution in [3.8, 4) is 0 Å². The molecule has 1 heterocycles. The molecule has 1 amide bonds. The number of amides is 1. The molecular formula is C25H33Cl2N3O5. The SMILES string of the molecule is CC(=O)N(CCCCCCOCCc1ccccn1)CC(O)(CC(=O)O)c1cc(Cl)c(N)c(Cl)c1. The van der Waals surface area contributed by atoms with Gasteiger partial charge in [-0.3, -0.25) is 14.6 Å². The molecule has 2 rings (SSSR count). The van der Waals surface area contributed by atoms with Crippen molar-refractivity contribution in [2.24, 2.45) is 0 Å². The predicted molar refractivity (Wildman–Crippen MR) is 137 cm³/mol. The van der Waals surface area contributed by atoms with Crippen LogP contribution >= 0.6 is 23.2 Å². The molecule has 1 atom stereocenters. The van der Waals surface area contributed by atoms with Gasteiger partial charge in [-0.25, -0.2) is 0 Å². The molecule has 1 aromatic carbocycles. The molecule has 0 bridgehead atoms. The van der Waals surface area contributed by atoms with E-state index in [0.717, 1.165) is 31.4 Å². The average Bonchev–Trinajstić information content (AvgIpc) is 2.80. The summed E-state index contributed by atoms with van der Waals surface area (Å²) in [6, 6.07) is 8.58. The van der Waals surface area contributed by atoms with Gasteiger partial charge in [0.2, 0.25) is 5.91 Å². The average molecular weight is 526 g/mol. The minimum Gasteiger partial charge on any atom is -0.481 e. The Morgan fingerprint density at radius 2 is 1.80 bits per heavy atom. The molecule has 0 aliphatic heterocycles. The Labute approximate surface area is 216 Å². The summed E-state index contributed by atoms with van der Waals surface area (Å²) in [5, 5.41) is 20.9. The summed E-state index contributed by atoms with van der Waals surface area (Å²) in [4.78, 5) is 29.5. The summed E-state index contributed by atoms with van der Waals surface area (Å²) in [6.07, 6.45) is 5.32. The Morgan fingerprint density at radius 1 is 1.11 bits per heavy atom. The number of anilines is 1. The number of nitrogen functional groups attached to an aromatic ring is 1. The highest BCUT2D eigenvalue weighted by atomic mass is 35.5. The molecule has 192 valence electrons. The topological polar surface area (TPSA) is 126 Å². The number of aromatic nitrogens is 1. The second kappa shape index (κ2) is 14.2. The highest BCUT2D eigenvalue weighted by Crippen LogP contribution is 2.35. The highest BCUT2D eigenvalue weighted by molar-refractivity contribution is 6.38. The largest absolute Gasteiger partial charge is 0.481 e. The molecule has 0 aliphatic carbocycles. The number of ether oxygens (including phenoxy) is 1. The zero-order valence-electron chi connectivity index (χ0n) is 19.9. The fourth-order valence-corrected chi connectivity index (χ4v) is 4.19. The molecule has 2 aromatic rings. The van der Waals surface area contributed by atoms with Gasteiger partial charge in [-0.2, -0.15) is 0 Å². The molecule has 0 fully saturated rings.